The van der Waals surface area contributed by atoms with Crippen LogP contribution in [0.25, 0.3) is 16.7 Å². The minimum Gasteiger partial charge on any atom is -0.303 e. The molecule has 0 aliphatic rings. The molecule has 0 saturated heterocycles. The van der Waals surface area contributed by atoms with Crippen molar-refractivity contribution < 1.29 is 8.42 Å². The summed E-state index contributed by atoms with van der Waals surface area (Å²) in [5.74, 6) is 1.17. The first-order valence-corrected chi connectivity index (χ1v) is 11.0. The van der Waals surface area contributed by atoms with E-state index in [2.05, 4.69) is 15.5 Å². The average Bonchev–Trinajstić information content (AvgIpc) is 3.14. The Kier molecular flexibility index (Phi) is 4.71. The molecule has 0 spiro atoms. The number of aromatic nitrogens is 4. The second kappa shape index (κ2) is 7.09. The summed E-state index contributed by atoms with van der Waals surface area (Å²) in [7, 11) is -1.53. The molecule has 0 amide bonds. The first kappa shape index (κ1) is 19.3. The standard InChI is InChI=1S/C20H21N5O3S/c1-13(14-8-10-15(11-9-14)29(3,27)28)21-12-18-22-23-20-24(2)19(26)16-6-4-5-7-17(16)25(18)20/h4-11,13,21H,12H2,1-3H3. The van der Waals surface area contributed by atoms with Gasteiger partial charge in [0.1, 0.15) is 0 Å². The second-order valence-corrected chi connectivity index (χ2v) is 9.09. The van der Waals surface area contributed by atoms with Crippen molar-refractivity contribution in [2.45, 2.75) is 24.4 Å². The lowest BCUT2D eigenvalue weighted by Gasteiger charge is -2.14. The summed E-state index contributed by atoms with van der Waals surface area (Å²) in [6.07, 6.45) is 1.19. The van der Waals surface area contributed by atoms with Gasteiger partial charge >= 0.3 is 0 Å². The van der Waals surface area contributed by atoms with Gasteiger partial charge in [-0.3, -0.25) is 13.8 Å². The topological polar surface area (TPSA) is 98.4 Å². The van der Waals surface area contributed by atoms with E-state index in [9.17, 15) is 13.2 Å². The lowest BCUT2D eigenvalue weighted by molar-refractivity contribution is 0.557. The van der Waals surface area contributed by atoms with Crippen molar-refractivity contribution in [3.63, 3.8) is 0 Å². The summed E-state index contributed by atoms with van der Waals surface area (Å²) in [6, 6.07) is 14.2. The summed E-state index contributed by atoms with van der Waals surface area (Å²) >= 11 is 0. The van der Waals surface area contributed by atoms with Crippen molar-refractivity contribution in [3.8, 4) is 0 Å². The zero-order valence-corrected chi connectivity index (χ0v) is 17.1. The Labute approximate surface area is 167 Å². The van der Waals surface area contributed by atoms with Gasteiger partial charge in [-0.1, -0.05) is 24.3 Å². The van der Waals surface area contributed by atoms with E-state index in [1.54, 1.807) is 37.4 Å². The molecule has 8 nitrogen and oxygen atoms in total. The minimum atomic E-state index is -3.22. The predicted octanol–water partition coefficient (Wildman–Crippen LogP) is 1.84. The summed E-state index contributed by atoms with van der Waals surface area (Å²) < 4.78 is 26.6. The molecule has 1 unspecified atom stereocenters. The molecule has 4 rings (SSSR count). The molecule has 1 atom stereocenters. The van der Waals surface area contributed by atoms with Crippen LogP contribution in [0.15, 0.2) is 58.2 Å². The van der Waals surface area contributed by atoms with Gasteiger partial charge in [0.15, 0.2) is 15.7 Å². The second-order valence-electron chi connectivity index (χ2n) is 7.08. The summed E-state index contributed by atoms with van der Waals surface area (Å²) in [5, 5.41) is 12.5. The lowest BCUT2D eigenvalue weighted by atomic mass is 10.1. The third-order valence-electron chi connectivity index (χ3n) is 5.07. The third-order valence-corrected chi connectivity index (χ3v) is 6.20. The number of nitrogens with zero attached hydrogens (tertiary/aromatic N) is 4. The maximum Gasteiger partial charge on any atom is 0.262 e. The molecule has 0 aliphatic carbocycles. The van der Waals surface area contributed by atoms with E-state index < -0.39 is 9.84 Å². The molecule has 29 heavy (non-hydrogen) atoms. The zero-order valence-electron chi connectivity index (χ0n) is 16.3. The van der Waals surface area contributed by atoms with Crippen LogP contribution in [0.5, 0.6) is 0 Å². The number of nitrogens with one attached hydrogen (secondary N) is 1. The van der Waals surface area contributed by atoms with Crippen LogP contribution in [0.4, 0.5) is 0 Å². The van der Waals surface area contributed by atoms with E-state index in [4.69, 9.17) is 0 Å². The van der Waals surface area contributed by atoms with Gasteiger partial charge in [-0.05, 0) is 36.8 Å². The molecule has 2 aromatic carbocycles. The normalized spacial score (nSPS) is 13.2. The fourth-order valence-corrected chi connectivity index (χ4v) is 4.00. The van der Waals surface area contributed by atoms with Crippen molar-refractivity contribution in [2.24, 2.45) is 7.05 Å². The Bertz CT molecular complexity index is 1370. The van der Waals surface area contributed by atoms with Gasteiger partial charge in [-0.2, -0.15) is 0 Å². The molecule has 0 radical (unpaired) electrons. The van der Waals surface area contributed by atoms with Crippen LogP contribution < -0.4 is 10.9 Å². The van der Waals surface area contributed by atoms with E-state index >= 15 is 0 Å². The van der Waals surface area contributed by atoms with Gasteiger partial charge in [0.25, 0.3) is 5.56 Å². The highest BCUT2D eigenvalue weighted by atomic mass is 32.2. The maximum atomic E-state index is 12.5. The Morgan fingerprint density at radius 3 is 2.45 bits per heavy atom. The van der Waals surface area contributed by atoms with Crippen LogP contribution in [0.1, 0.15) is 24.4 Å². The fourth-order valence-electron chi connectivity index (χ4n) is 3.37. The molecule has 0 bridgehead atoms. The van der Waals surface area contributed by atoms with Crippen LogP contribution in [0, 0.1) is 0 Å². The molecular formula is C20H21N5O3S. The molecule has 9 heteroatoms. The van der Waals surface area contributed by atoms with Gasteiger partial charge in [-0.15, -0.1) is 10.2 Å². The quantitative estimate of drug-likeness (QED) is 0.538. The van der Waals surface area contributed by atoms with Crippen LogP contribution in [0.3, 0.4) is 0 Å². The number of para-hydroxylation sites is 1. The SMILES string of the molecule is CC(NCc1nnc2n(C)c(=O)c3ccccc3n12)c1ccc(S(C)(=O)=O)cc1. The van der Waals surface area contributed by atoms with Gasteiger partial charge in [0.2, 0.25) is 5.78 Å². The molecule has 2 heterocycles. The highest BCUT2D eigenvalue weighted by Gasteiger charge is 2.15. The van der Waals surface area contributed by atoms with Gasteiger partial charge in [-0.25, -0.2) is 8.42 Å². The Balaban J connectivity index is 1.64. The first-order valence-electron chi connectivity index (χ1n) is 9.12. The number of rotatable bonds is 5. The number of fused-ring (bicyclic) bond motifs is 3. The number of benzene rings is 2. The molecule has 0 fully saturated rings. The van der Waals surface area contributed by atoms with Crippen molar-refractivity contribution >= 4 is 26.5 Å². The van der Waals surface area contributed by atoms with Crippen molar-refractivity contribution in [3.05, 3.63) is 70.3 Å². The van der Waals surface area contributed by atoms with E-state index in [0.717, 1.165) is 11.1 Å². The summed E-state index contributed by atoms with van der Waals surface area (Å²) in [4.78, 5) is 12.8. The monoisotopic (exact) mass is 411 g/mol. The number of aryl methyl sites for hydroxylation is 1. The Morgan fingerprint density at radius 2 is 1.76 bits per heavy atom. The molecule has 0 saturated carbocycles. The van der Waals surface area contributed by atoms with Gasteiger partial charge in [0, 0.05) is 19.3 Å². The number of sulfone groups is 1. The Morgan fingerprint density at radius 1 is 1.07 bits per heavy atom. The largest absolute Gasteiger partial charge is 0.303 e. The molecule has 1 N–H and O–H groups in total. The first-order chi connectivity index (χ1) is 13.8. The van der Waals surface area contributed by atoms with Gasteiger partial charge in [0.05, 0.1) is 22.3 Å². The molecule has 2 aromatic heterocycles. The number of hydrogen-bond donors (Lipinski definition) is 1. The smallest absolute Gasteiger partial charge is 0.262 e. The Hall–Kier alpha value is -3.04. The van der Waals surface area contributed by atoms with E-state index in [0.29, 0.717) is 28.4 Å². The van der Waals surface area contributed by atoms with E-state index in [1.165, 1.54) is 10.8 Å². The van der Waals surface area contributed by atoms with Crippen LogP contribution in [-0.2, 0) is 23.4 Å². The molecule has 150 valence electrons. The fraction of sp³-hybridized carbons (Fsp3) is 0.250. The van der Waals surface area contributed by atoms with Crippen LogP contribution in [0.2, 0.25) is 0 Å². The molecule has 0 aliphatic heterocycles. The van der Waals surface area contributed by atoms with E-state index in [-0.39, 0.29) is 11.6 Å². The summed E-state index contributed by atoms with van der Waals surface area (Å²) in [5.41, 5.74) is 1.61. The lowest BCUT2D eigenvalue weighted by Crippen LogP contribution is -2.22. The van der Waals surface area contributed by atoms with E-state index in [1.807, 2.05) is 29.5 Å². The summed E-state index contributed by atoms with van der Waals surface area (Å²) in [6.45, 7) is 2.42. The maximum absolute atomic E-state index is 12.5. The third kappa shape index (κ3) is 3.43. The van der Waals surface area contributed by atoms with Crippen molar-refractivity contribution in [2.75, 3.05) is 6.26 Å². The highest BCUT2D eigenvalue weighted by molar-refractivity contribution is 7.90. The van der Waals surface area contributed by atoms with Crippen molar-refractivity contribution in [1.29, 1.82) is 0 Å². The highest BCUT2D eigenvalue weighted by Crippen LogP contribution is 2.18. The molecule has 4 aromatic rings. The van der Waals surface area contributed by atoms with Gasteiger partial charge < -0.3 is 5.32 Å². The zero-order chi connectivity index (χ0) is 20.8. The van der Waals surface area contributed by atoms with Crippen LogP contribution >= 0.6 is 0 Å². The van der Waals surface area contributed by atoms with Crippen molar-refractivity contribution in [1.82, 2.24) is 24.5 Å². The minimum absolute atomic E-state index is 0.0326. The number of hydrogen-bond acceptors (Lipinski definition) is 6. The average molecular weight is 411 g/mol. The molecular weight excluding hydrogens is 390 g/mol. The van der Waals surface area contributed by atoms with Crippen LogP contribution in [-0.4, -0.2) is 33.8 Å². The predicted molar refractivity (Wildman–Crippen MR) is 111 cm³/mol.